The highest BCUT2D eigenvalue weighted by atomic mass is 35.5. The molecule has 0 aromatic carbocycles. The van der Waals surface area contributed by atoms with E-state index in [1.54, 1.807) is 0 Å². The van der Waals surface area contributed by atoms with Crippen molar-refractivity contribution in [2.75, 3.05) is 6.54 Å². The Bertz CT molecular complexity index is 355. The Kier molecular flexibility index (Phi) is 3.89. The molecule has 0 unspecified atom stereocenters. The van der Waals surface area contributed by atoms with E-state index in [9.17, 15) is 4.79 Å². The van der Waals surface area contributed by atoms with Crippen LogP contribution in [0.15, 0.2) is 12.1 Å². The maximum atomic E-state index is 11.3. The molecule has 4 nitrogen and oxygen atoms in total. The number of carbonyl (C=O) groups is 1. The molecule has 1 rings (SSSR count). The lowest BCUT2D eigenvalue weighted by Gasteiger charge is -2.00. The van der Waals surface area contributed by atoms with E-state index in [0.29, 0.717) is 13.0 Å². The van der Waals surface area contributed by atoms with Crippen molar-refractivity contribution in [1.82, 2.24) is 15.5 Å². The Morgan fingerprint density at radius 1 is 1.57 bits per heavy atom. The number of aromatic nitrogens is 2. The summed E-state index contributed by atoms with van der Waals surface area (Å²) in [4.78, 5) is 11.3. The molecule has 0 fully saturated rings. The molecule has 1 heterocycles. The van der Waals surface area contributed by atoms with Crippen LogP contribution in [0.1, 0.15) is 16.9 Å². The maximum Gasteiger partial charge on any atom is 0.271 e. The summed E-state index contributed by atoms with van der Waals surface area (Å²) < 4.78 is 0. The van der Waals surface area contributed by atoms with Crippen molar-refractivity contribution in [2.24, 2.45) is 0 Å². The van der Waals surface area contributed by atoms with Gasteiger partial charge in [-0.15, -0.1) is 22.5 Å². The molecule has 14 heavy (non-hydrogen) atoms. The SMILES string of the molecule is C#CCCNC(=O)c1ccc(Cl)nn1. The predicted molar refractivity (Wildman–Crippen MR) is 52.8 cm³/mol. The first-order chi connectivity index (χ1) is 6.74. The summed E-state index contributed by atoms with van der Waals surface area (Å²) in [5.74, 6) is 2.11. The zero-order valence-corrected chi connectivity index (χ0v) is 8.08. The van der Waals surface area contributed by atoms with E-state index in [1.165, 1.54) is 12.1 Å². The third-order valence-electron chi connectivity index (χ3n) is 1.42. The minimum atomic E-state index is -0.301. The lowest BCUT2D eigenvalue weighted by atomic mass is 10.3. The monoisotopic (exact) mass is 209 g/mol. The van der Waals surface area contributed by atoms with Crippen LogP contribution in [-0.2, 0) is 0 Å². The van der Waals surface area contributed by atoms with E-state index >= 15 is 0 Å². The molecule has 5 heteroatoms. The highest BCUT2D eigenvalue weighted by molar-refractivity contribution is 6.29. The molecule has 0 saturated heterocycles. The van der Waals surface area contributed by atoms with Crippen LogP contribution in [0.3, 0.4) is 0 Å². The molecule has 0 saturated carbocycles. The second-order valence-electron chi connectivity index (χ2n) is 2.45. The van der Waals surface area contributed by atoms with Gasteiger partial charge in [-0.1, -0.05) is 11.6 Å². The van der Waals surface area contributed by atoms with Crippen LogP contribution in [0.25, 0.3) is 0 Å². The number of terminal acetylenes is 1. The predicted octanol–water partition coefficient (Wildman–Crippen LogP) is 0.883. The quantitative estimate of drug-likeness (QED) is 0.594. The summed E-state index contributed by atoms with van der Waals surface area (Å²) in [5, 5.41) is 10.0. The first-order valence-electron chi connectivity index (χ1n) is 3.95. The number of nitrogens with one attached hydrogen (secondary N) is 1. The molecule has 0 spiro atoms. The number of hydrogen-bond acceptors (Lipinski definition) is 3. The van der Waals surface area contributed by atoms with Crippen molar-refractivity contribution >= 4 is 17.5 Å². The third-order valence-corrected chi connectivity index (χ3v) is 1.62. The number of carbonyl (C=O) groups excluding carboxylic acids is 1. The van der Waals surface area contributed by atoms with Gasteiger partial charge in [0.15, 0.2) is 10.8 Å². The Morgan fingerprint density at radius 3 is 2.93 bits per heavy atom. The standard InChI is InChI=1S/C9H8ClN3O/c1-2-3-6-11-9(14)7-4-5-8(10)13-12-7/h1,4-5H,3,6H2,(H,11,14). The van der Waals surface area contributed by atoms with Crippen molar-refractivity contribution in [3.63, 3.8) is 0 Å². The van der Waals surface area contributed by atoms with Gasteiger partial charge < -0.3 is 5.32 Å². The minimum Gasteiger partial charge on any atom is -0.350 e. The van der Waals surface area contributed by atoms with Crippen molar-refractivity contribution in [2.45, 2.75) is 6.42 Å². The lowest BCUT2D eigenvalue weighted by molar-refractivity contribution is 0.0948. The normalized spacial score (nSPS) is 9.14. The van der Waals surface area contributed by atoms with Gasteiger partial charge in [0.05, 0.1) is 0 Å². The molecule has 0 atom stereocenters. The van der Waals surface area contributed by atoms with Gasteiger partial charge in [-0.25, -0.2) is 0 Å². The maximum absolute atomic E-state index is 11.3. The van der Waals surface area contributed by atoms with E-state index in [1.807, 2.05) is 0 Å². The summed E-state index contributed by atoms with van der Waals surface area (Å²) in [6.45, 7) is 0.430. The van der Waals surface area contributed by atoms with Crippen LogP contribution < -0.4 is 5.32 Å². The highest BCUT2D eigenvalue weighted by Crippen LogP contribution is 2.01. The molecule has 0 radical (unpaired) electrons. The second-order valence-corrected chi connectivity index (χ2v) is 2.84. The average Bonchev–Trinajstić information content (AvgIpc) is 2.19. The molecule has 72 valence electrons. The molecular formula is C9H8ClN3O. The fourth-order valence-electron chi connectivity index (χ4n) is 0.776. The fourth-order valence-corrected chi connectivity index (χ4v) is 0.877. The van der Waals surface area contributed by atoms with Crippen molar-refractivity contribution in [1.29, 1.82) is 0 Å². The van der Waals surface area contributed by atoms with Crippen molar-refractivity contribution < 1.29 is 4.79 Å². The highest BCUT2D eigenvalue weighted by Gasteiger charge is 2.05. The van der Waals surface area contributed by atoms with Gasteiger partial charge in [0.1, 0.15) is 0 Å². The van der Waals surface area contributed by atoms with Gasteiger partial charge in [0, 0.05) is 13.0 Å². The molecule has 1 aromatic heterocycles. The summed E-state index contributed by atoms with van der Waals surface area (Å²) in [7, 11) is 0. The Labute approximate surface area is 86.7 Å². The molecule has 0 bridgehead atoms. The number of nitrogens with zero attached hydrogens (tertiary/aromatic N) is 2. The zero-order chi connectivity index (χ0) is 10.4. The summed E-state index contributed by atoms with van der Waals surface area (Å²) in [6.07, 6.45) is 5.52. The number of amides is 1. The van der Waals surface area contributed by atoms with E-state index < -0.39 is 0 Å². The molecule has 0 aliphatic heterocycles. The van der Waals surface area contributed by atoms with Crippen LogP contribution in [0.4, 0.5) is 0 Å². The van der Waals surface area contributed by atoms with Crippen LogP contribution in [-0.4, -0.2) is 22.6 Å². The fraction of sp³-hybridized carbons (Fsp3) is 0.222. The largest absolute Gasteiger partial charge is 0.350 e. The number of rotatable bonds is 3. The third kappa shape index (κ3) is 3.04. The molecule has 0 aliphatic carbocycles. The lowest BCUT2D eigenvalue weighted by Crippen LogP contribution is -2.25. The average molecular weight is 210 g/mol. The Morgan fingerprint density at radius 2 is 2.36 bits per heavy atom. The van der Waals surface area contributed by atoms with Gasteiger partial charge in [0.25, 0.3) is 5.91 Å². The summed E-state index contributed by atoms with van der Waals surface area (Å²) >= 11 is 5.51. The van der Waals surface area contributed by atoms with Crippen LogP contribution in [0.5, 0.6) is 0 Å². The molecule has 1 aromatic rings. The topological polar surface area (TPSA) is 54.9 Å². The molecule has 0 aliphatic rings. The first-order valence-corrected chi connectivity index (χ1v) is 4.32. The van der Waals surface area contributed by atoms with Gasteiger partial charge >= 0.3 is 0 Å². The van der Waals surface area contributed by atoms with E-state index in [-0.39, 0.29) is 16.8 Å². The Balaban J connectivity index is 2.53. The van der Waals surface area contributed by atoms with Crippen LogP contribution in [0, 0.1) is 12.3 Å². The first kappa shape index (κ1) is 10.5. The van der Waals surface area contributed by atoms with E-state index in [4.69, 9.17) is 18.0 Å². The second kappa shape index (κ2) is 5.20. The summed E-state index contributed by atoms with van der Waals surface area (Å²) in [6, 6.07) is 3.01. The van der Waals surface area contributed by atoms with E-state index in [0.717, 1.165) is 0 Å². The van der Waals surface area contributed by atoms with Gasteiger partial charge in [-0.2, -0.15) is 0 Å². The van der Waals surface area contributed by atoms with Gasteiger partial charge in [0.2, 0.25) is 0 Å². The van der Waals surface area contributed by atoms with Crippen LogP contribution in [0.2, 0.25) is 5.15 Å². The zero-order valence-electron chi connectivity index (χ0n) is 7.33. The van der Waals surface area contributed by atoms with E-state index in [2.05, 4.69) is 21.4 Å². The van der Waals surface area contributed by atoms with Gasteiger partial charge in [-0.3, -0.25) is 4.79 Å². The Hall–Kier alpha value is -1.60. The number of halogens is 1. The number of hydrogen-bond donors (Lipinski definition) is 1. The molecule has 1 amide bonds. The summed E-state index contributed by atoms with van der Waals surface area (Å²) in [5.41, 5.74) is 0.228. The smallest absolute Gasteiger partial charge is 0.271 e. The van der Waals surface area contributed by atoms with Gasteiger partial charge in [-0.05, 0) is 12.1 Å². The van der Waals surface area contributed by atoms with Crippen molar-refractivity contribution in [3.8, 4) is 12.3 Å². The molecule has 1 N–H and O–H groups in total. The molecular weight excluding hydrogens is 202 g/mol. The minimum absolute atomic E-state index is 0.228. The van der Waals surface area contributed by atoms with Crippen LogP contribution >= 0.6 is 11.6 Å². The van der Waals surface area contributed by atoms with Crippen molar-refractivity contribution in [3.05, 3.63) is 23.0 Å².